The monoisotopic (exact) mass is 371 g/mol. The zero-order valence-corrected chi connectivity index (χ0v) is 15.9. The molecular formula is C18H22ClN7. The summed E-state index contributed by atoms with van der Waals surface area (Å²) in [7, 11) is 1.92. The molecule has 136 valence electrons. The molecule has 0 aliphatic carbocycles. The van der Waals surface area contributed by atoms with Crippen LogP contribution in [0.15, 0.2) is 69.1 Å². The number of azo groups is 1. The molecule has 0 fully saturated rings. The normalized spacial score (nSPS) is 12.3. The lowest BCUT2D eigenvalue weighted by Gasteiger charge is -1.94. The Balaban J connectivity index is 0.00000243. The molecule has 2 aromatic heterocycles. The van der Waals surface area contributed by atoms with Crippen LogP contribution in [0.25, 0.3) is 11.0 Å². The first-order valence-electron chi connectivity index (χ1n) is 8.35. The van der Waals surface area contributed by atoms with Crippen LogP contribution < -0.4 is 22.5 Å². The van der Waals surface area contributed by atoms with Crippen molar-refractivity contribution in [2.75, 3.05) is 0 Å². The Bertz CT molecular complexity index is 957. The lowest BCUT2D eigenvalue weighted by Crippen LogP contribution is -3.00. The summed E-state index contributed by atoms with van der Waals surface area (Å²) in [6, 6.07) is 14.0. The van der Waals surface area contributed by atoms with Crippen LogP contribution in [0.4, 0.5) is 5.95 Å². The van der Waals surface area contributed by atoms with E-state index < -0.39 is 0 Å². The first kappa shape index (κ1) is 19.5. The van der Waals surface area contributed by atoms with Gasteiger partial charge in [0.25, 0.3) is 0 Å². The minimum Gasteiger partial charge on any atom is -1.00 e. The van der Waals surface area contributed by atoms with E-state index >= 15 is 0 Å². The standard InChI is InChI=1S/C18H22N7.ClH/c1-4-24-15-10-6-7-11-16(15)25(5-2)18(24)22-20-14-19-21-17-12-8-9-13-23(17)3;/h6-14H,4-5H2,1-3H3;1H/q+1;/p-1. The summed E-state index contributed by atoms with van der Waals surface area (Å²) in [5.74, 6) is 0.808. The summed E-state index contributed by atoms with van der Waals surface area (Å²) in [5.41, 5.74) is 3.05. The first-order chi connectivity index (χ1) is 12.3. The second kappa shape index (κ2) is 9.05. The molecule has 3 rings (SSSR count). The number of para-hydroxylation sites is 2. The van der Waals surface area contributed by atoms with Gasteiger partial charge in [-0.2, -0.15) is 0 Å². The zero-order chi connectivity index (χ0) is 17.6. The SMILES string of the molecule is CCn1c(N=NC=NN=c2ccccn2C)[n+](CC)c2ccccc21.[Cl-]. The molecule has 3 aromatic rings. The van der Waals surface area contributed by atoms with Crippen LogP contribution in [0, 0.1) is 0 Å². The summed E-state index contributed by atoms with van der Waals surface area (Å²) in [5, 5.41) is 16.6. The van der Waals surface area contributed by atoms with Gasteiger partial charge in [-0.15, -0.1) is 10.2 Å². The molecule has 0 radical (unpaired) electrons. The summed E-state index contributed by atoms with van der Waals surface area (Å²) in [4.78, 5) is 0. The molecule has 1 aromatic carbocycles. The van der Waals surface area contributed by atoms with Crippen LogP contribution in [0.2, 0.25) is 0 Å². The highest BCUT2D eigenvalue weighted by Gasteiger charge is 2.21. The quantitative estimate of drug-likeness (QED) is 0.198. The fraction of sp³-hybridized carbons (Fsp3) is 0.278. The van der Waals surface area contributed by atoms with Gasteiger partial charge in [-0.3, -0.25) is 0 Å². The summed E-state index contributed by atoms with van der Waals surface area (Å²) >= 11 is 0. The van der Waals surface area contributed by atoms with Gasteiger partial charge in [0.05, 0.1) is 13.1 Å². The van der Waals surface area contributed by atoms with Gasteiger partial charge in [0, 0.05) is 18.4 Å². The first-order valence-corrected chi connectivity index (χ1v) is 8.35. The molecule has 0 amide bonds. The number of rotatable bonds is 5. The zero-order valence-electron chi connectivity index (χ0n) is 15.1. The van der Waals surface area contributed by atoms with E-state index in [1.807, 2.05) is 48.1 Å². The maximum Gasteiger partial charge on any atom is 0.422 e. The van der Waals surface area contributed by atoms with Crippen LogP contribution >= 0.6 is 0 Å². The molecule has 0 bridgehead atoms. The van der Waals surface area contributed by atoms with E-state index in [2.05, 4.69) is 55.5 Å². The number of aryl methyl sites for hydroxylation is 3. The van der Waals surface area contributed by atoms with Crippen molar-refractivity contribution in [2.45, 2.75) is 26.9 Å². The largest absolute Gasteiger partial charge is 1.00 e. The number of hydrogen-bond acceptors (Lipinski definition) is 3. The summed E-state index contributed by atoms with van der Waals surface area (Å²) in [6.07, 6.45) is 3.28. The number of fused-ring (bicyclic) bond motifs is 1. The molecular weight excluding hydrogens is 350 g/mol. The highest BCUT2D eigenvalue weighted by atomic mass is 35.5. The van der Waals surface area contributed by atoms with Crippen LogP contribution in [-0.4, -0.2) is 15.5 Å². The molecule has 0 unspecified atom stereocenters. The fourth-order valence-corrected chi connectivity index (χ4v) is 2.82. The molecule has 0 aliphatic rings. The van der Waals surface area contributed by atoms with E-state index in [1.165, 1.54) is 6.34 Å². The Labute approximate surface area is 158 Å². The maximum atomic E-state index is 4.37. The number of hydrogen-bond donors (Lipinski definition) is 0. The van der Waals surface area contributed by atoms with Gasteiger partial charge in [0.15, 0.2) is 11.8 Å². The Morgan fingerprint density at radius 2 is 1.85 bits per heavy atom. The van der Waals surface area contributed by atoms with Gasteiger partial charge < -0.3 is 17.0 Å². The smallest absolute Gasteiger partial charge is 0.422 e. The number of imidazole rings is 1. The average molecular weight is 372 g/mol. The summed E-state index contributed by atoms with van der Waals surface area (Å²) in [6.45, 7) is 5.85. The van der Waals surface area contributed by atoms with Crippen molar-refractivity contribution in [2.24, 2.45) is 27.5 Å². The van der Waals surface area contributed by atoms with E-state index in [9.17, 15) is 0 Å². The topological polar surface area (TPSA) is 63.2 Å². The molecule has 2 heterocycles. The van der Waals surface area contributed by atoms with Crippen molar-refractivity contribution in [1.29, 1.82) is 0 Å². The van der Waals surface area contributed by atoms with Crippen molar-refractivity contribution in [3.05, 3.63) is 54.1 Å². The van der Waals surface area contributed by atoms with Crippen molar-refractivity contribution in [1.82, 2.24) is 9.13 Å². The number of halogens is 1. The molecule has 0 N–H and O–H groups in total. The van der Waals surface area contributed by atoms with Crippen LogP contribution in [0.5, 0.6) is 0 Å². The fourth-order valence-electron chi connectivity index (χ4n) is 2.82. The Hall–Kier alpha value is -2.80. The van der Waals surface area contributed by atoms with Crippen molar-refractivity contribution in [3.8, 4) is 0 Å². The molecule has 8 heteroatoms. The lowest BCUT2D eigenvalue weighted by atomic mass is 10.3. The minimum absolute atomic E-state index is 0. The van der Waals surface area contributed by atoms with Crippen molar-refractivity contribution >= 4 is 23.3 Å². The molecule has 26 heavy (non-hydrogen) atoms. The van der Waals surface area contributed by atoms with Crippen LogP contribution in [0.3, 0.4) is 0 Å². The molecule has 0 atom stereocenters. The van der Waals surface area contributed by atoms with Gasteiger partial charge in [0.2, 0.25) is 0 Å². The lowest BCUT2D eigenvalue weighted by molar-refractivity contribution is -0.655. The minimum atomic E-state index is 0. The number of benzene rings is 1. The second-order valence-corrected chi connectivity index (χ2v) is 5.49. The van der Waals surface area contributed by atoms with Gasteiger partial charge in [-0.25, -0.2) is 9.13 Å². The van der Waals surface area contributed by atoms with E-state index in [4.69, 9.17) is 0 Å². The van der Waals surface area contributed by atoms with Gasteiger partial charge in [-0.05, 0) is 38.1 Å². The van der Waals surface area contributed by atoms with Crippen LogP contribution in [-0.2, 0) is 20.1 Å². The third kappa shape index (κ3) is 3.88. The van der Waals surface area contributed by atoms with E-state index in [1.54, 1.807) is 0 Å². The van der Waals surface area contributed by atoms with Crippen LogP contribution in [0.1, 0.15) is 13.8 Å². The Morgan fingerprint density at radius 1 is 1.08 bits per heavy atom. The summed E-state index contributed by atoms with van der Waals surface area (Å²) < 4.78 is 6.17. The Kier molecular flexibility index (Phi) is 6.80. The van der Waals surface area contributed by atoms with Gasteiger partial charge in [0.1, 0.15) is 11.0 Å². The highest BCUT2D eigenvalue weighted by molar-refractivity contribution is 5.73. The molecule has 0 spiro atoms. The number of aromatic nitrogens is 3. The Morgan fingerprint density at radius 3 is 2.58 bits per heavy atom. The third-order valence-corrected chi connectivity index (χ3v) is 4.02. The van der Waals surface area contributed by atoms with E-state index in [0.717, 1.165) is 35.6 Å². The maximum absolute atomic E-state index is 4.37. The van der Waals surface area contributed by atoms with Crippen molar-refractivity contribution < 1.29 is 17.0 Å². The second-order valence-electron chi connectivity index (χ2n) is 5.49. The van der Waals surface area contributed by atoms with Crippen molar-refractivity contribution in [3.63, 3.8) is 0 Å². The van der Waals surface area contributed by atoms with E-state index in [0.29, 0.717) is 0 Å². The third-order valence-electron chi connectivity index (χ3n) is 4.02. The predicted molar refractivity (Wildman–Crippen MR) is 97.5 cm³/mol. The van der Waals surface area contributed by atoms with Gasteiger partial charge >= 0.3 is 5.95 Å². The molecule has 0 saturated carbocycles. The molecule has 0 aliphatic heterocycles. The predicted octanol–water partition coefficient (Wildman–Crippen LogP) is -0.0610. The number of nitrogens with zero attached hydrogens (tertiary/aromatic N) is 7. The van der Waals surface area contributed by atoms with Gasteiger partial charge in [-0.1, -0.05) is 23.3 Å². The molecule has 0 saturated heterocycles. The number of pyridine rings is 1. The van der Waals surface area contributed by atoms with E-state index in [-0.39, 0.29) is 12.4 Å². The molecule has 7 nitrogen and oxygen atoms in total. The highest BCUT2D eigenvalue weighted by Crippen LogP contribution is 2.19. The average Bonchev–Trinajstić information content (AvgIpc) is 2.95.